The molecule has 1 aromatic heterocycles. The molecule has 1 heterocycles. The van der Waals surface area contributed by atoms with Gasteiger partial charge in [0.1, 0.15) is 11.3 Å². The van der Waals surface area contributed by atoms with Gasteiger partial charge in [0.2, 0.25) is 5.89 Å². The van der Waals surface area contributed by atoms with E-state index in [9.17, 15) is 4.79 Å². The normalized spacial score (nSPS) is 11.3. The molecule has 174 valence electrons. The predicted octanol–water partition coefficient (Wildman–Crippen LogP) is 6.69. The van der Waals surface area contributed by atoms with Crippen molar-refractivity contribution in [2.45, 2.75) is 26.2 Å². The fourth-order valence-corrected chi connectivity index (χ4v) is 4.00. The van der Waals surface area contributed by atoms with Gasteiger partial charge in [-0.15, -0.1) is 0 Å². The van der Waals surface area contributed by atoms with Crippen LogP contribution in [-0.4, -0.2) is 23.1 Å². The van der Waals surface area contributed by atoms with E-state index in [1.54, 1.807) is 18.2 Å². The van der Waals surface area contributed by atoms with E-state index in [2.05, 4.69) is 64.5 Å². The molecule has 4 rings (SSSR count). The highest BCUT2D eigenvalue weighted by molar-refractivity contribution is 9.10. The van der Waals surface area contributed by atoms with Gasteiger partial charge in [0.25, 0.3) is 5.91 Å². The average molecular weight is 538 g/mol. The lowest BCUT2D eigenvalue weighted by Gasteiger charge is -2.18. The lowest BCUT2D eigenvalue weighted by Crippen LogP contribution is -2.34. The van der Waals surface area contributed by atoms with Crippen LogP contribution in [0.3, 0.4) is 0 Å². The maximum Gasteiger partial charge on any atom is 0.261 e. The van der Waals surface area contributed by atoms with Crippen molar-refractivity contribution in [3.63, 3.8) is 0 Å². The lowest BCUT2D eigenvalue weighted by molar-refractivity contribution is 0.0974. The van der Waals surface area contributed by atoms with Crippen LogP contribution in [0.4, 0.5) is 5.69 Å². The summed E-state index contributed by atoms with van der Waals surface area (Å²) in [4.78, 5) is 17.3. The zero-order valence-electron chi connectivity index (χ0n) is 19.2. The second-order valence-corrected chi connectivity index (χ2v) is 10.1. The first-order valence-electron chi connectivity index (χ1n) is 10.6. The highest BCUT2D eigenvalue weighted by Gasteiger charge is 2.16. The number of hydrogen-bond donors (Lipinski definition) is 2. The van der Waals surface area contributed by atoms with E-state index >= 15 is 0 Å². The molecule has 0 aliphatic carbocycles. The number of benzene rings is 3. The lowest BCUT2D eigenvalue weighted by atomic mass is 9.87. The molecule has 2 N–H and O–H groups in total. The summed E-state index contributed by atoms with van der Waals surface area (Å²) in [5.41, 5.74) is 4.63. The third-order valence-electron chi connectivity index (χ3n) is 5.28. The van der Waals surface area contributed by atoms with Gasteiger partial charge in [-0.25, -0.2) is 4.98 Å². The van der Waals surface area contributed by atoms with Crippen molar-refractivity contribution in [3.8, 4) is 17.2 Å². The molecule has 3 aromatic carbocycles. The minimum atomic E-state index is -0.376. The fraction of sp³-hybridized carbons (Fsp3) is 0.192. The van der Waals surface area contributed by atoms with Crippen molar-refractivity contribution in [1.82, 2.24) is 10.3 Å². The summed E-state index contributed by atoms with van der Waals surface area (Å²) in [7, 11) is 1.51. The van der Waals surface area contributed by atoms with E-state index < -0.39 is 0 Å². The number of anilines is 1. The zero-order valence-corrected chi connectivity index (χ0v) is 21.6. The van der Waals surface area contributed by atoms with Crippen LogP contribution in [0.5, 0.6) is 5.75 Å². The summed E-state index contributed by atoms with van der Waals surface area (Å²) < 4.78 is 12.0. The summed E-state index contributed by atoms with van der Waals surface area (Å²) in [5, 5.41) is 5.87. The molecular weight excluding hydrogens is 514 g/mol. The summed E-state index contributed by atoms with van der Waals surface area (Å²) in [6.45, 7) is 6.54. The molecule has 0 spiro atoms. The Morgan fingerprint density at radius 1 is 1.06 bits per heavy atom. The molecule has 0 bridgehead atoms. The molecule has 6 nitrogen and oxygen atoms in total. The molecule has 1 amide bonds. The molecular formula is C26H24BrN3O3S. The Morgan fingerprint density at radius 2 is 1.79 bits per heavy atom. The van der Waals surface area contributed by atoms with Crippen molar-refractivity contribution in [3.05, 3.63) is 76.3 Å². The monoisotopic (exact) mass is 537 g/mol. The van der Waals surface area contributed by atoms with Gasteiger partial charge < -0.3 is 14.5 Å². The third kappa shape index (κ3) is 5.29. The number of thiocarbonyl (C=S) groups is 1. The van der Waals surface area contributed by atoms with Crippen LogP contribution < -0.4 is 15.4 Å². The summed E-state index contributed by atoms with van der Waals surface area (Å²) >= 11 is 8.70. The Kier molecular flexibility index (Phi) is 6.72. The molecule has 8 heteroatoms. The van der Waals surface area contributed by atoms with Crippen molar-refractivity contribution in [2.24, 2.45) is 0 Å². The minimum absolute atomic E-state index is 0.0797. The van der Waals surface area contributed by atoms with Gasteiger partial charge in [-0.3, -0.25) is 10.1 Å². The summed E-state index contributed by atoms with van der Waals surface area (Å²) in [6, 6.07) is 18.9. The number of oxazole rings is 1. The Morgan fingerprint density at radius 3 is 2.47 bits per heavy atom. The van der Waals surface area contributed by atoms with Crippen molar-refractivity contribution in [2.75, 3.05) is 12.4 Å². The number of hydrogen-bond acceptors (Lipinski definition) is 5. The Labute approximate surface area is 211 Å². The molecule has 0 unspecified atom stereocenters. The highest BCUT2D eigenvalue weighted by Crippen LogP contribution is 2.29. The van der Waals surface area contributed by atoms with Crippen molar-refractivity contribution < 1.29 is 13.9 Å². The molecule has 4 aromatic rings. The van der Waals surface area contributed by atoms with Gasteiger partial charge in [0.05, 0.1) is 12.7 Å². The molecule has 0 radical (unpaired) electrons. The topological polar surface area (TPSA) is 76.4 Å². The summed E-state index contributed by atoms with van der Waals surface area (Å²) in [5.74, 6) is 0.625. The number of halogens is 1. The Balaban J connectivity index is 1.48. The van der Waals surface area contributed by atoms with E-state index in [0.29, 0.717) is 34.0 Å². The quantitative estimate of drug-likeness (QED) is 0.282. The van der Waals surface area contributed by atoms with Gasteiger partial charge >= 0.3 is 0 Å². The van der Waals surface area contributed by atoms with E-state index in [0.717, 1.165) is 10.0 Å². The highest BCUT2D eigenvalue weighted by atomic mass is 79.9. The number of carbonyl (C=O) groups is 1. The molecule has 34 heavy (non-hydrogen) atoms. The van der Waals surface area contributed by atoms with Gasteiger partial charge in [0.15, 0.2) is 10.7 Å². The first-order chi connectivity index (χ1) is 16.1. The molecule has 0 fully saturated rings. The largest absolute Gasteiger partial charge is 0.496 e. The SMILES string of the molecule is COc1ccc(Br)cc1C(=O)NC(=S)Nc1ccc2oc(-c3ccc(C(C)(C)C)cc3)nc2c1. The maximum atomic E-state index is 12.7. The van der Waals surface area contributed by atoms with Crippen LogP contribution in [0, 0.1) is 0 Å². The number of methoxy groups -OCH3 is 1. The third-order valence-corrected chi connectivity index (χ3v) is 5.97. The number of nitrogens with zero attached hydrogens (tertiary/aromatic N) is 1. The second kappa shape index (κ2) is 9.56. The smallest absolute Gasteiger partial charge is 0.261 e. The van der Waals surface area contributed by atoms with Crippen LogP contribution >= 0.6 is 28.1 Å². The zero-order chi connectivity index (χ0) is 24.5. The first kappa shape index (κ1) is 23.9. The van der Waals surface area contributed by atoms with E-state index in [-0.39, 0.29) is 16.4 Å². The standard InChI is InChI=1S/C26H24BrN3O3S/c1-26(2,3)16-7-5-15(6-8-16)24-29-20-14-18(10-12-22(20)33-24)28-25(34)30-23(31)19-13-17(27)9-11-21(19)32-4/h5-14H,1-4H3,(H2,28,30,31,34). The minimum Gasteiger partial charge on any atom is -0.496 e. The van der Waals surface area contributed by atoms with Crippen LogP contribution in [0.25, 0.3) is 22.6 Å². The van der Waals surface area contributed by atoms with Crippen LogP contribution in [0.15, 0.2) is 69.6 Å². The fourth-order valence-electron chi connectivity index (χ4n) is 3.43. The van der Waals surface area contributed by atoms with Crippen LogP contribution in [-0.2, 0) is 5.41 Å². The number of amides is 1. The Bertz CT molecular complexity index is 1370. The molecule has 0 aliphatic heterocycles. The number of fused-ring (bicyclic) bond motifs is 1. The van der Waals surface area contributed by atoms with Gasteiger partial charge in [-0.05, 0) is 71.7 Å². The van der Waals surface area contributed by atoms with E-state index in [4.69, 9.17) is 21.4 Å². The molecule has 0 saturated heterocycles. The second-order valence-electron chi connectivity index (χ2n) is 8.78. The average Bonchev–Trinajstić information content (AvgIpc) is 3.22. The predicted molar refractivity (Wildman–Crippen MR) is 143 cm³/mol. The molecule has 0 aliphatic rings. The van der Waals surface area contributed by atoms with Gasteiger partial charge in [-0.2, -0.15) is 0 Å². The maximum absolute atomic E-state index is 12.7. The Hall–Kier alpha value is -3.23. The number of aromatic nitrogens is 1. The summed E-state index contributed by atoms with van der Waals surface area (Å²) in [6.07, 6.45) is 0. The van der Waals surface area contributed by atoms with Gasteiger partial charge in [0, 0.05) is 15.7 Å². The van der Waals surface area contributed by atoms with Crippen LogP contribution in [0.1, 0.15) is 36.7 Å². The molecule has 0 saturated carbocycles. The van der Waals surface area contributed by atoms with Gasteiger partial charge in [-0.1, -0.05) is 48.8 Å². The number of rotatable bonds is 4. The van der Waals surface area contributed by atoms with Crippen molar-refractivity contribution in [1.29, 1.82) is 0 Å². The van der Waals surface area contributed by atoms with Crippen molar-refractivity contribution >= 4 is 56.0 Å². The van der Waals surface area contributed by atoms with E-state index in [1.807, 2.05) is 30.3 Å². The number of nitrogens with one attached hydrogen (secondary N) is 2. The number of ether oxygens (including phenoxy) is 1. The van der Waals surface area contributed by atoms with Crippen LogP contribution in [0.2, 0.25) is 0 Å². The molecule has 0 atom stereocenters. The first-order valence-corrected chi connectivity index (χ1v) is 11.8. The van der Waals surface area contributed by atoms with E-state index in [1.165, 1.54) is 12.7 Å². The number of carbonyl (C=O) groups excluding carboxylic acids is 1.